The lowest BCUT2D eigenvalue weighted by molar-refractivity contribution is -0.126. The molecule has 1 aliphatic heterocycles. The van der Waals surface area contributed by atoms with E-state index in [1.807, 2.05) is 0 Å². The van der Waals surface area contributed by atoms with Crippen LogP contribution in [0.3, 0.4) is 0 Å². The number of rotatable bonds is 2. The van der Waals surface area contributed by atoms with Gasteiger partial charge in [-0.3, -0.25) is 9.59 Å². The molecule has 2 heterocycles. The van der Waals surface area contributed by atoms with Crippen LogP contribution < -0.4 is 10.6 Å². The highest BCUT2D eigenvalue weighted by atomic mass is 16.5. The summed E-state index contributed by atoms with van der Waals surface area (Å²) in [5.41, 5.74) is 0. The number of aromatic nitrogens is 1. The highest BCUT2D eigenvalue weighted by Crippen LogP contribution is 2.13. The molecule has 1 unspecified atom stereocenters. The first-order valence-electron chi connectivity index (χ1n) is 4.73. The number of nitrogens with one attached hydrogen (secondary N) is 2. The number of hydrogen-bond donors (Lipinski definition) is 2. The van der Waals surface area contributed by atoms with Crippen molar-refractivity contribution in [3.05, 3.63) is 12.3 Å². The van der Waals surface area contributed by atoms with Crippen LogP contribution >= 0.6 is 0 Å². The molecule has 1 saturated heterocycles. The zero-order valence-electron chi connectivity index (χ0n) is 8.03. The van der Waals surface area contributed by atoms with Crippen LogP contribution in [-0.4, -0.2) is 23.5 Å². The molecular weight excluding hydrogens is 198 g/mol. The van der Waals surface area contributed by atoms with Gasteiger partial charge in [0, 0.05) is 19.0 Å². The summed E-state index contributed by atoms with van der Waals surface area (Å²) in [4.78, 5) is 22.5. The van der Waals surface area contributed by atoms with Gasteiger partial charge in [-0.1, -0.05) is 5.16 Å². The first kappa shape index (κ1) is 9.70. The van der Waals surface area contributed by atoms with Gasteiger partial charge in [-0.2, -0.15) is 0 Å². The fourth-order valence-corrected chi connectivity index (χ4v) is 1.46. The Hall–Kier alpha value is -1.85. The monoisotopic (exact) mass is 209 g/mol. The van der Waals surface area contributed by atoms with E-state index in [1.165, 1.54) is 6.26 Å². The predicted molar refractivity (Wildman–Crippen MR) is 50.9 cm³/mol. The summed E-state index contributed by atoms with van der Waals surface area (Å²) in [6.45, 7) is 0.391. The van der Waals surface area contributed by atoms with E-state index in [0.717, 1.165) is 0 Å². The summed E-state index contributed by atoms with van der Waals surface area (Å²) in [6, 6.07) is 1.57. The van der Waals surface area contributed by atoms with Crippen LogP contribution in [0.5, 0.6) is 0 Å². The Morgan fingerprint density at radius 3 is 3.13 bits per heavy atom. The summed E-state index contributed by atoms with van der Waals surface area (Å²) in [6.07, 6.45) is 2.37. The van der Waals surface area contributed by atoms with Crippen molar-refractivity contribution in [2.24, 2.45) is 5.92 Å². The molecule has 1 aromatic rings. The first-order chi connectivity index (χ1) is 7.25. The molecule has 0 aromatic carbocycles. The minimum absolute atomic E-state index is 0.000450. The molecule has 0 radical (unpaired) electrons. The third-order valence-corrected chi connectivity index (χ3v) is 2.33. The second-order valence-electron chi connectivity index (χ2n) is 3.41. The third-order valence-electron chi connectivity index (χ3n) is 2.33. The van der Waals surface area contributed by atoms with Crippen molar-refractivity contribution in [1.82, 2.24) is 10.5 Å². The quantitative estimate of drug-likeness (QED) is 0.725. The van der Waals surface area contributed by atoms with Gasteiger partial charge >= 0.3 is 0 Å². The topological polar surface area (TPSA) is 84.2 Å². The molecule has 0 saturated carbocycles. The maximum atomic E-state index is 11.6. The van der Waals surface area contributed by atoms with Crippen LogP contribution in [0.25, 0.3) is 0 Å². The summed E-state index contributed by atoms with van der Waals surface area (Å²) in [5, 5.41) is 8.83. The molecule has 1 atom stereocenters. The van der Waals surface area contributed by atoms with E-state index in [-0.39, 0.29) is 17.7 Å². The number of carbonyl (C=O) groups excluding carboxylic acids is 2. The van der Waals surface area contributed by atoms with Crippen molar-refractivity contribution in [1.29, 1.82) is 0 Å². The summed E-state index contributed by atoms with van der Waals surface area (Å²) in [5.74, 6) is 0.0840. The van der Waals surface area contributed by atoms with Crippen molar-refractivity contribution in [3.8, 4) is 0 Å². The van der Waals surface area contributed by atoms with Gasteiger partial charge < -0.3 is 15.2 Å². The Morgan fingerprint density at radius 1 is 1.67 bits per heavy atom. The molecule has 1 aliphatic rings. The minimum atomic E-state index is -0.181. The molecule has 2 N–H and O–H groups in total. The fraction of sp³-hybridized carbons (Fsp3) is 0.444. The SMILES string of the molecule is O=C1CCC(C(=O)Nc2ccon2)CN1. The Bertz CT molecular complexity index is 351. The van der Waals surface area contributed by atoms with Gasteiger partial charge in [-0.25, -0.2) is 0 Å². The lowest BCUT2D eigenvalue weighted by Crippen LogP contribution is -2.40. The van der Waals surface area contributed by atoms with E-state index in [2.05, 4.69) is 20.3 Å². The number of piperidine rings is 1. The highest BCUT2D eigenvalue weighted by molar-refractivity contribution is 5.93. The Morgan fingerprint density at radius 2 is 2.53 bits per heavy atom. The number of carbonyl (C=O) groups is 2. The van der Waals surface area contributed by atoms with Crippen molar-refractivity contribution in [2.75, 3.05) is 11.9 Å². The second kappa shape index (κ2) is 4.12. The molecule has 0 aliphatic carbocycles. The summed E-state index contributed by atoms with van der Waals surface area (Å²) in [7, 11) is 0. The van der Waals surface area contributed by atoms with E-state index in [1.54, 1.807) is 6.07 Å². The molecule has 2 rings (SSSR count). The van der Waals surface area contributed by atoms with Crippen LogP contribution in [0.2, 0.25) is 0 Å². The molecule has 6 heteroatoms. The minimum Gasteiger partial charge on any atom is -0.363 e. The van der Waals surface area contributed by atoms with Gasteiger partial charge in [-0.05, 0) is 6.42 Å². The van der Waals surface area contributed by atoms with E-state index in [4.69, 9.17) is 0 Å². The Labute approximate surface area is 86.0 Å². The Kier molecular flexibility index (Phi) is 2.66. The number of nitrogens with zero attached hydrogens (tertiary/aromatic N) is 1. The number of anilines is 1. The van der Waals surface area contributed by atoms with Crippen molar-refractivity contribution in [2.45, 2.75) is 12.8 Å². The molecular formula is C9H11N3O3. The van der Waals surface area contributed by atoms with Crippen molar-refractivity contribution in [3.63, 3.8) is 0 Å². The lowest BCUT2D eigenvalue weighted by Gasteiger charge is -2.20. The number of amides is 2. The van der Waals surface area contributed by atoms with Crippen LogP contribution in [0.1, 0.15) is 12.8 Å². The van der Waals surface area contributed by atoms with E-state index in [9.17, 15) is 9.59 Å². The number of hydrogen-bond acceptors (Lipinski definition) is 4. The molecule has 2 amide bonds. The fourth-order valence-electron chi connectivity index (χ4n) is 1.46. The van der Waals surface area contributed by atoms with Crippen LogP contribution in [0.15, 0.2) is 16.9 Å². The zero-order chi connectivity index (χ0) is 10.7. The van der Waals surface area contributed by atoms with E-state index < -0.39 is 0 Å². The summed E-state index contributed by atoms with van der Waals surface area (Å²) >= 11 is 0. The molecule has 1 aromatic heterocycles. The van der Waals surface area contributed by atoms with Crippen molar-refractivity contribution < 1.29 is 14.1 Å². The predicted octanol–water partition coefficient (Wildman–Crippen LogP) is 0.139. The maximum absolute atomic E-state index is 11.6. The molecule has 0 bridgehead atoms. The molecule has 6 nitrogen and oxygen atoms in total. The summed E-state index contributed by atoms with van der Waals surface area (Å²) < 4.78 is 4.59. The largest absolute Gasteiger partial charge is 0.363 e. The van der Waals surface area contributed by atoms with Crippen molar-refractivity contribution >= 4 is 17.6 Å². The standard InChI is InChI=1S/C9H11N3O3/c13-8-2-1-6(5-10-8)9(14)11-7-3-4-15-12-7/h3-4,6H,1-2,5H2,(H,10,13)(H,11,12,14). The molecule has 1 fully saturated rings. The molecule has 0 spiro atoms. The second-order valence-corrected chi connectivity index (χ2v) is 3.41. The maximum Gasteiger partial charge on any atom is 0.230 e. The molecule has 80 valence electrons. The van der Waals surface area contributed by atoms with Crippen LogP contribution in [0.4, 0.5) is 5.82 Å². The van der Waals surface area contributed by atoms with Crippen LogP contribution in [-0.2, 0) is 9.59 Å². The molecule has 15 heavy (non-hydrogen) atoms. The normalized spacial score (nSPS) is 20.8. The Balaban J connectivity index is 1.89. The van der Waals surface area contributed by atoms with Gasteiger partial charge in [0.2, 0.25) is 11.8 Å². The lowest BCUT2D eigenvalue weighted by atomic mass is 9.98. The average molecular weight is 209 g/mol. The van der Waals surface area contributed by atoms with Gasteiger partial charge in [0.1, 0.15) is 6.26 Å². The van der Waals surface area contributed by atoms with E-state index >= 15 is 0 Å². The average Bonchev–Trinajstić information content (AvgIpc) is 2.71. The van der Waals surface area contributed by atoms with Gasteiger partial charge in [0.15, 0.2) is 5.82 Å². The van der Waals surface area contributed by atoms with Gasteiger partial charge in [0.05, 0.1) is 5.92 Å². The van der Waals surface area contributed by atoms with E-state index in [0.29, 0.717) is 25.2 Å². The first-order valence-corrected chi connectivity index (χ1v) is 4.73. The van der Waals surface area contributed by atoms with Gasteiger partial charge in [0.25, 0.3) is 0 Å². The zero-order valence-corrected chi connectivity index (χ0v) is 8.03. The van der Waals surface area contributed by atoms with Crippen LogP contribution in [0, 0.1) is 5.92 Å². The third kappa shape index (κ3) is 2.34. The smallest absolute Gasteiger partial charge is 0.230 e. The highest BCUT2D eigenvalue weighted by Gasteiger charge is 2.24. The van der Waals surface area contributed by atoms with Gasteiger partial charge in [-0.15, -0.1) is 0 Å².